The average molecular weight is 184 g/mol. The van der Waals surface area contributed by atoms with Crippen LogP contribution in [-0.4, -0.2) is 27.3 Å². The maximum absolute atomic E-state index is 10.2. The van der Waals surface area contributed by atoms with Crippen molar-refractivity contribution in [2.24, 2.45) is 0 Å². The molecule has 5 heteroatoms. The molecule has 0 aliphatic carbocycles. The largest absolute Gasteiger partial charge is 0.474 e. The van der Waals surface area contributed by atoms with Crippen LogP contribution >= 0.6 is 0 Å². The zero-order valence-corrected chi connectivity index (χ0v) is 6.54. The molecule has 1 aromatic carbocycles. The molecule has 1 aromatic rings. The van der Waals surface area contributed by atoms with Crippen molar-refractivity contribution in [3.05, 3.63) is 30.3 Å². The molecule has 0 atom stereocenters. The molecule has 0 bridgehead atoms. The number of rotatable bonds is 3. The number of hydrogen-bond donors (Lipinski definition) is 3. The van der Waals surface area contributed by atoms with Crippen molar-refractivity contribution in [3.63, 3.8) is 0 Å². The van der Waals surface area contributed by atoms with Gasteiger partial charge in [-0.3, -0.25) is 0 Å². The first-order chi connectivity index (χ1) is 6.02. The van der Waals surface area contributed by atoms with E-state index in [2.05, 4.69) is 4.74 Å². The van der Waals surface area contributed by atoms with Crippen LogP contribution < -0.4 is 4.74 Å². The number of benzene rings is 1. The first-order valence-electron chi connectivity index (χ1n) is 3.44. The molecule has 5 nitrogen and oxygen atoms in total. The van der Waals surface area contributed by atoms with Crippen molar-refractivity contribution in [3.8, 4) is 5.75 Å². The number of aliphatic hydroxyl groups is 2. The first-order valence-corrected chi connectivity index (χ1v) is 3.44. The lowest BCUT2D eigenvalue weighted by atomic mass is 10.3. The van der Waals surface area contributed by atoms with E-state index in [0.717, 1.165) is 0 Å². The zero-order valence-electron chi connectivity index (χ0n) is 6.54. The Bertz CT molecular complexity index is 293. The molecule has 0 aromatic heterocycles. The molecule has 0 aliphatic heterocycles. The van der Waals surface area contributed by atoms with E-state index in [4.69, 9.17) is 15.3 Å². The minimum Gasteiger partial charge on any atom is -0.474 e. The summed E-state index contributed by atoms with van der Waals surface area (Å²) in [5.41, 5.74) is 0. The van der Waals surface area contributed by atoms with Gasteiger partial charge in [0.1, 0.15) is 5.75 Å². The van der Waals surface area contributed by atoms with Crippen molar-refractivity contribution in [2.75, 3.05) is 0 Å². The Labute approximate surface area is 73.8 Å². The van der Waals surface area contributed by atoms with Crippen LogP contribution in [0.3, 0.4) is 0 Å². The second kappa shape index (κ2) is 3.42. The van der Waals surface area contributed by atoms with Gasteiger partial charge < -0.3 is 20.1 Å². The fourth-order valence-electron chi connectivity index (χ4n) is 0.697. The van der Waals surface area contributed by atoms with Gasteiger partial charge in [-0.1, -0.05) is 18.2 Å². The van der Waals surface area contributed by atoms with E-state index in [1.165, 1.54) is 12.1 Å². The van der Waals surface area contributed by atoms with Gasteiger partial charge in [0.2, 0.25) is 0 Å². The third-order valence-corrected chi connectivity index (χ3v) is 1.28. The Morgan fingerprint density at radius 1 is 1.23 bits per heavy atom. The molecule has 0 unspecified atom stereocenters. The smallest absolute Gasteiger partial charge is 0.426 e. The van der Waals surface area contributed by atoms with Gasteiger partial charge in [0.15, 0.2) is 0 Å². The number of carbonyl (C=O) groups is 1. The van der Waals surface area contributed by atoms with Gasteiger partial charge in [0.05, 0.1) is 0 Å². The van der Waals surface area contributed by atoms with Crippen molar-refractivity contribution in [1.29, 1.82) is 0 Å². The molecule has 0 heterocycles. The van der Waals surface area contributed by atoms with Gasteiger partial charge in [-0.05, 0) is 12.1 Å². The van der Waals surface area contributed by atoms with Crippen molar-refractivity contribution in [2.45, 2.75) is 5.97 Å². The molecule has 70 valence electrons. The fourth-order valence-corrected chi connectivity index (χ4v) is 0.697. The lowest BCUT2D eigenvalue weighted by Crippen LogP contribution is -2.44. The summed E-state index contributed by atoms with van der Waals surface area (Å²) in [6, 6.07) is 7.65. The van der Waals surface area contributed by atoms with Crippen LogP contribution in [0, 0.1) is 0 Å². The van der Waals surface area contributed by atoms with Crippen molar-refractivity contribution in [1.82, 2.24) is 0 Å². The standard InChI is InChI=1S/C8H8O5/c9-7(10)8(11,12)13-6-4-2-1-3-5-6/h1-5,11-12H,(H,9,10). The predicted molar refractivity (Wildman–Crippen MR) is 41.9 cm³/mol. The number of carboxylic acid groups (broad SMARTS) is 1. The van der Waals surface area contributed by atoms with Crippen LogP contribution in [0.4, 0.5) is 0 Å². The van der Waals surface area contributed by atoms with Crippen LogP contribution in [-0.2, 0) is 4.79 Å². The Morgan fingerprint density at radius 2 is 1.77 bits per heavy atom. The van der Waals surface area contributed by atoms with Crippen LogP contribution in [0.5, 0.6) is 5.75 Å². The summed E-state index contributed by atoms with van der Waals surface area (Å²) < 4.78 is 4.37. The molecule has 0 radical (unpaired) electrons. The summed E-state index contributed by atoms with van der Waals surface area (Å²) in [6.07, 6.45) is 0. The number of hydrogen-bond acceptors (Lipinski definition) is 4. The topological polar surface area (TPSA) is 87.0 Å². The highest BCUT2D eigenvalue weighted by Crippen LogP contribution is 2.14. The second-order valence-corrected chi connectivity index (χ2v) is 2.33. The van der Waals surface area contributed by atoms with E-state index in [1.54, 1.807) is 18.2 Å². The van der Waals surface area contributed by atoms with Crippen LogP contribution in [0.2, 0.25) is 0 Å². The normalized spacial score (nSPS) is 10.9. The van der Waals surface area contributed by atoms with Gasteiger partial charge in [-0.2, -0.15) is 0 Å². The number of aliphatic carboxylic acids is 1. The fraction of sp³-hybridized carbons (Fsp3) is 0.125. The van der Waals surface area contributed by atoms with Gasteiger partial charge in [0.25, 0.3) is 0 Å². The third-order valence-electron chi connectivity index (χ3n) is 1.28. The average Bonchev–Trinajstić information content (AvgIpc) is 2.05. The SMILES string of the molecule is O=C(O)C(O)(O)Oc1ccccc1. The summed E-state index contributed by atoms with van der Waals surface area (Å²) in [4.78, 5) is 10.2. The predicted octanol–water partition coefficient (Wildman–Crippen LogP) is -0.212. The third kappa shape index (κ3) is 2.43. The summed E-state index contributed by atoms with van der Waals surface area (Å²) >= 11 is 0. The molecular formula is C8H8O5. The summed E-state index contributed by atoms with van der Waals surface area (Å²) in [7, 11) is 0. The van der Waals surface area contributed by atoms with Gasteiger partial charge in [-0.15, -0.1) is 0 Å². The molecule has 0 amide bonds. The van der Waals surface area contributed by atoms with Gasteiger partial charge >= 0.3 is 11.9 Å². The summed E-state index contributed by atoms with van der Waals surface area (Å²) in [5.74, 6) is -4.98. The Morgan fingerprint density at radius 3 is 2.23 bits per heavy atom. The Balaban J connectivity index is 2.75. The van der Waals surface area contributed by atoms with E-state index >= 15 is 0 Å². The summed E-state index contributed by atoms with van der Waals surface area (Å²) in [6.45, 7) is 0. The van der Waals surface area contributed by atoms with E-state index in [9.17, 15) is 4.79 Å². The van der Waals surface area contributed by atoms with Crippen LogP contribution in [0.25, 0.3) is 0 Å². The quantitative estimate of drug-likeness (QED) is 0.566. The summed E-state index contributed by atoms with van der Waals surface area (Å²) in [5, 5.41) is 25.8. The number of carboxylic acids is 1. The van der Waals surface area contributed by atoms with E-state index in [1.807, 2.05) is 0 Å². The first kappa shape index (κ1) is 9.50. The van der Waals surface area contributed by atoms with E-state index in [-0.39, 0.29) is 5.75 Å². The molecule has 0 fully saturated rings. The lowest BCUT2D eigenvalue weighted by Gasteiger charge is -2.17. The minimum atomic E-state index is -3.18. The van der Waals surface area contributed by atoms with Gasteiger partial charge in [0, 0.05) is 0 Å². The molecule has 3 N–H and O–H groups in total. The molecule has 0 spiro atoms. The number of para-hydroxylation sites is 1. The zero-order chi connectivity index (χ0) is 9.90. The molecular weight excluding hydrogens is 176 g/mol. The van der Waals surface area contributed by atoms with Gasteiger partial charge in [-0.25, -0.2) is 4.79 Å². The lowest BCUT2D eigenvalue weighted by molar-refractivity contribution is -0.284. The van der Waals surface area contributed by atoms with Crippen LogP contribution in [0.15, 0.2) is 30.3 Å². The Hall–Kier alpha value is -1.59. The second-order valence-electron chi connectivity index (χ2n) is 2.33. The maximum atomic E-state index is 10.2. The van der Waals surface area contributed by atoms with E-state index < -0.39 is 11.9 Å². The Kier molecular flexibility index (Phi) is 2.50. The highest BCUT2D eigenvalue weighted by molar-refractivity contribution is 5.73. The molecule has 0 aliphatic rings. The molecule has 13 heavy (non-hydrogen) atoms. The van der Waals surface area contributed by atoms with Crippen molar-refractivity contribution < 1.29 is 24.9 Å². The molecule has 0 saturated heterocycles. The minimum absolute atomic E-state index is 0.0647. The highest BCUT2D eigenvalue weighted by Gasteiger charge is 2.36. The van der Waals surface area contributed by atoms with Crippen LogP contribution in [0.1, 0.15) is 0 Å². The van der Waals surface area contributed by atoms with E-state index in [0.29, 0.717) is 0 Å². The molecule has 1 rings (SSSR count). The number of ether oxygens (including phenoxy) is 1. The van der Waals surface area contributed by atoms with Crippen molar-refractivity contribution >= 4 is 5.97 Å². The maximum Gasteiger partial charge on any atom is 0.426 e. The molecule has 0 saturated carbocycles. The monoisotopic (exact) mass is 184 g/mol. The highest BCUT2D eigenvalue weighted by atomic mass is 16.8.